The number of primary amides is 1. The number of nitrogens with two attached hydrogens (primary N) is 1. The highest BCUT2D eigenvalue weighted by atomic mass is 19.1. The van der Waals surface area contributed by atoms with Gasteiger partial charge in [0, 0.05) is 18.1 Å². The first-order valence-electron chi connectivity index (χ1n) is 7.33. The number of rotatable bonds is 2. The molecule has 0 aliphatic carbocycles. The minimum absolute atomic E-state index is 0.00569. The lowest BCUT2D eigenvalue weighted by atomic mass is 9.94. The molecule has 0 spiro atoms. The lowest BCUT2D eigenvalue weighted by Gasteiger charge is -2.25. The molecule has 0 unspecified atom stereocenters. The van der Waals surface area contributed by atoms with Crippen molar-refractivity contribution in [1.82, 2.24) is 9.97 Å². The summed E-state index contributed by atoms with van der Waals surface area (Å²) >= 11 is 0. The van der Waals surface area contributed by atoms with Crippen LogP contribution in [0.4, 0.5) is 8.78 Å². The van der Waals surface area contributed by atoms with Gasteiger partial charge in [0.2, 0.25) is 0 Å². The summed E-state index contributed by atoms with van der Waals surface area (Å²) in [7, 11) is 0. The Morgan fingerprint density at radius 2 is 2.13 bits per heavy atom. The van der Waals surface area contributed by atoms with Gasteiger partial charge in [-0.1, -0.05) is 0 Å². The molecule has 4 rings (SSSR count). The van der Waals surface area contributed by atoms with Crippen LogP contribution in [0.1, 0.15) is 40.7 Å². The van der Waals surface area contributed by atoms with Crippen LogP contribution in [0.3, 0.4) is 0 Å². The Morgan fingerprint density at radius 1 is 1.30 bits per heavy atom. The number of pyridine rings is 2. The fourth-order valence-electron chi connectivity index (χ4n) is 3.31. The van der Waals surface area contributed by atoms with E-state index in [1.807, 2.05) is 0 Å². The van der Waals surface area contributed by atoms with E-state index in [2.05, 4.69) is 9.97 Å². The fraction of sp³-hybridized carbons (Fsp3) is 0.312. The fourth-order valence-corrected chi connectivity index (χ4v) is 3.31. The van der Waals surface area contributed by atoms with Crippen molar-refractivity contribution >= 4 is 5.91 Å². The van der Waals surface area contributed by atoms with Crippen LogP contribution in [0.2, 0.25) is 0 Å². The van der Waals surface area contributed by atoms with Crippen LogP contribution in [0, 0.1) is 11.6 Å². The van der Waals surface area contributed by atoms with E-state index >= 15 is 0 Å². The second kappa shape index (κ2) is 5.06. The van der Waals surface area contributed by atoms with Gasteiger partial charge in [-0.2, -0.15) is 0 Å². The van der Waals surface area contributed by atoms with Crippen molar-refractivity contribution in [3.8, 4) is 11.3 Å². The summed E-state index contributed by atoms with van der Waals surface area (Å²) in [5.41, 5.74) is 7.19. The van der Waals surface area contributed by atoms with Crippen LogP contribution < -0.4 is 5.73 Å². The van der Waals surface area contributed by atoms with Crippen LogP contribution in [-0.2, 0) is 11.2 Å². The summed E-state index contributed by atoms with van der Waals surface area (Å²) in [6, 6.07) is 2.20. The van der Waals surface area contributed by atoms with Gasteiger partial charge >= 0.3 is 0 Å². The molecule has 2 bridgehead atoms. The minimum atomic E-state index is -0.785. The summed E-state index contributed by atoms with van der Waals surface area (Å²) in [5, 5.41) is 0. The molecule has 5 nitrogen and oxygen atoms in total. The first kappa shape index (κ1) is 14.2. The molecular formula is C16H13F2N3O2. The molecule has 2 aromatic rings. The summed E-state index contributed by atoms with van der Waals surface area (Å²) in [6.45, 7) is 0. The highest BCUT2D eigenvalue weighted by Crippen LogP contribution is 2.43. The highest BCUT2D eigenvalue weighted by Gasteiger charge is 2.37. The summed E-state index contributed by atoms with van der Waals surface area (Å²) in [6.07, 6.45) is 3.02. The number of nitrogens with zero attached hydrogens (tertiary/aromatic N) is 2. The third-order valence-electron chi connectivity index (χ3n) is 4.32. The van der Waals surface area contributed by atoms with Crippen LogP contribution in [-0.4, -0.2) is 22.0 Å². The molecule has 2 atom stereocenters. The van der Waals surface area contributed by atoms with Gasteiger partial charge < -0.3 is 10.5 Å². The van der Waals surface area contributed by atoms with E-state index < -0.39 is 17.5 Å². The topological polar surface area (TPSA) is 78.1 Å². The van der Waals surface area contributed by atoms with Crippen molar-refractivity contribution in [2.45, 2.75) is 31.5 Å². The van der Waals surface area contributed by atoms with E-state index in [1.54, 1.807) is 0 Å². The average Bonchev–Trinajstić information content (AvgIpc) is 2.89. The van der Waals surface area contributed by atoms with Crippen molar-refractivity contribution in [3.05, 3.63) is 46.9 Å². The zero-order valence-electron chi connectivity index (χ0n) is 12.1. The van der Waals surface area contributed by atoms with Crippen LogP contribution >= 0.6 is 0 Å². The predicted octanol–water partition coefficient (Wildman–Crippen LogP) is 2.30. The van der Waals surface area contributed by atoms with Gasteiger partial charge in [0.1, 0.15) is 23.3 Å². The maximum Gasteiger partial charge on any atom is 0.267 e. The first-order valence-corrected chi connectivity index (χ1v) is 7.33. The van der Waals surface area contributed by atoms with Crippen molar-refractivity contribution in [3.63, 3.8) is 0 Å². The van der Waals surface area contributed by atoms with E-state index in [0.29, 0.717) is 17.7 Å². The molecule has 2 aliphatic rings. The Balaban J connectivity index is 1.97. The second-order valence-electron chi connectivity index (χ2n) is 5.80. The summed E-state index contributed by atoms with van der Waals surface area (Å²) in [4.78, 5) is 19.7. The van der Waals surface area contributed by atoms with Gasteiger partial charge in [-0.25, -0.2) is 13.8 Å². The normalized spacial score (nSPS) is 22.0. The number of amides is 1. The number of ether oxygens (including phenoxy) is 1. The zero-order valence-corrected chi connectivity index (χ0v) is 12.1. The van der Waals surface area contributed by atoms with Crippen molar-refractivity contribution < 1.29 is 18.3 Å². The standard InChI is InChI=1S/C16H13F2N3O2/c17-7-3-11(18)14(20-6-7)10-5-12(16(19)22)21-15-9(10)4-8-1-2-13(15)23-8/h3,5-6,8,13H,1-2,4H2,(H2,19,22)/t8-,13+/m1/s1. The van der Waals surface area contributed by atoms with Gasteiger partial charge in [-0.3, -0.25) is 9.78 Å². The smallest absolute Gasteiger partial charge is 0.267 e. The number of aromatic nitrogens is 2. The van der Waals surface area contributed by atoms with E-state index in [4.69, 9.17) is 10.5 Å². The Morgan fingerprint density at radius 3 is 2.87 bits per heavy atom. The van der Waals surface area contributed by atoms with Gasteiger partial charge in [0.15, 0.2) is 5.82 Å². The predicted molar refractivity (Wildman–Crippen MR) is 76.5 cm³/mol. The molecule has 4 heterocycles. The molecule has 23 heavy (non-hydrogen) atoms. The van der Waals surface area contributed by atoms with Crippen molar-refractivity contribution in [1.29, 1.82) is 0 Å². The number of hydrogen-bond donors (Lipinski definition) is 1. The molecule has 1 amide bonds. The largest absolute Gasteiger partial charge is 0.368 e. The maximum atomic E-state index is 14.2. The van der Waals surface area contributed by atoms with Gasteiger partial charge in [-0.05, 0) is 24.5 Å². The van der Waals surface area contributed by atoms with Gasteiger partial charge in [0.05, 0.1) is 18.0 Å². The monoisotopic (exact) mass is 317 g/mol. The number of carbonyl (C=O) groups is 1. The number of fused-ring (bicyclic) bond motifs is 4. The molecule has 118 valence electrons. The molecule has 1 fully saturated rings. The molecule has 0 radical (unpaired) electrons. The molecule has 0 aromatic carbocycles. The van der Waals surface area contributed by atoms with Crippen LogP contribution in [0.15, 0.2) is 18.3 Å². The second-order valence-corrected chi connectivity index (χ2v) is 5.80. The number of carbonyl (C=O) groups excluding carboxylic acids is 1. The maximum absolute atomic E-state index is 14.2. The van der Waals surface area contributed by atoms with Crippen LogP contribution in [0.25, 0.3) is 11.3 Å². The lowest BCUT2D eigenvalue weighted by molar-refractivity contribution is 0.0295. The Kier molecular flexibility index (Phi) is 3.12. The molecule has 7 heteroatoms. The van der Waals surface area contributed by atoms with E-state index in [9.17, 15) is 13.6 Å². The zero-order chi connectivity index (χ0) is 16.1. The summed E-state index contributed by atoms with van der Waals surface area (Å²) in [5.74, 6) is -2.25. The number of hydrogen-bond acceptors (Lipinski definition) is 4. The lowest BCUT2D eigenvalue weighted by Crippen LogP contribution is -2.23. The SMILES string of the molecule is NC(=O)c1cc(-c2ncc(F)cc2F)c2c(n1)[C@@H]1CC[C@H](C2)O1. The minimum Gasteiger partial charge on any atom is -0.368 e. The third-order valence-corrected chi connectivity index (χ3v) is 4.32. The molecule has 1 saturated heterocycles. The van der Waals surface area contributed by atoms with E-state index in [-0.39, 0.29) is 23.6 Å². The molecule has 0 saturated carbocycles. The van der Waals surface area contributed by atoms with Crippen molar-refractivity contribution in [2.75, 3.05) is 0 Å². The summed E-state index contributed by atoms with van der Waals surface area (Å²) < 4.78 is 33.1. The first-order chi connectivity index (χ1) is 11.0. The van der Waals surface area contributed by atoms with Gasteiger partial charge in [-0.15, -0.1) is 0 Å². The molecule has 2 N–H and O–H groups in total. The third kappa shape index (κ3) is 2.28. The molecule has 2 aromatic heterocycles. The van der Waals surface area contributed by atoms with Crippen molar-refractivity contribution in [2.24, 2.45) is 5.73 Å². The quantitative estimate of drug-likeness (QED) is 0.922. The molecule has 2 aliphatic heterocycles. The number of halogens is 2. The average molecular weight is 317 g/mol. The Bertz CT molecular complexity index is 825. The van der Waals surface area contributed by atoms with Gasteiger partial charge in [0.25, 0.3) is 5.91 Å². The Hall–Kier alpha value is -2.41. The molecular weight excluding hydrogens is 304 g/mol. The van der Waals surface area contributed by atoms with E-state index in [0.717, 1.165) is 30.7 Å². The van der Waals surface area contributed by atoms with Crippen LogP contribution in [0.5, 0.6) is 0 Å². The van der Waals surface area contributed by atoms with E-state index in [1.165, 1.54) is 6.07 Å². The highest BCUT2D eigenvalue weighted by molar-refractivity contribution is 5.92. The Labute approximate surface area is 130 Å².